The molecule has 0 aliphatic carbocycles. The van der Waals surface area contributed by atoms with E-state index in [1.54, 1.807) is 4.90 Å². The molecule has 2 atom stereocenters. The van der Waals surface area contributed by atoms with Crippen molar-refractivity contribution in [2.24, 2.45) is 5.73 Å². The van der Waals surface area contributed by atoms with Gasteiger partial charge in [-0.3, -0.25) is 19.2 Å². The van der Waals surface area contributed by atoms with Gasteiger partial charge in [0.25, 0.3) is 0 Å². The standard InChI is InChI=1S/C30H35N5O4/c1-20(36)33-25-13-12-23-7-4-5-9-27(23)35(30(25)39)17-14-28(37)34-26(29(38)32-16-15-31)19-21-10-11-22-6-2-3-8-24(22)18-21/h2-11,18,25-26H,12-17,19,31H2,1H3,(H,32,38)(H,33,36)(H,34,37)/t25?,26-/m1/s1. The first-order valence-corrected chi connectivity index (χ1v) is 13.3. The van der Waals surface area contributed by atoms with E-state index in [1.807, 2.05) is 66.7 Å². The summed E-state index contributed by atoms with van der Waals surface area (Å²) in [6.45, 7) is 2.08. The topological polar surface area (TPSA) is 134 Å². The molecule has 9 nitrogen and oxygen atoms in total. The van der Waals surface area contributed by atoms with E-state index in [-0.39, 0.29) is 43.1 Å². The lowest BCUT2D eigenvalue weighted by molar-refractivity contribution is -0.129. The highest BCUT2D eigenvalue weighted by molar-refractivity contribution is 6.01. The number of nitrogens with two attached hydrogens (primary N) is 1. The van der Waals surface area contributed by atoms with Crippen LogP contribution in [-0.4, -0.2) is 55.3 Å². The second-order valence-electron chi connectivity index (χ2n) is 9.75. The van der Waals surface area contributed by atoms with E-state index in [1.165, 1.54) is 6.92 Å². The first-order chi connectivity index (χ1) is 18.9. The van der Waals surface area contributed by atoms with Gasteiger partial charge in [0, 0.05) is 45.1 Å². The van der Waals surface area contributed by atoms with Crippen LogP contribution in [0.15, 0.2) is 66.7 Å². The van der Waals surface area contributed by atoms with Crippen LogP contribution >= 0.6 is 0 Å². The summed E-state index contributed by atoms with van der Waals surface area (Å²) in [7, 11) is 0. The Morgan fingerprint density at radius 3 is 2.54 bits per heavy atom. The second-order valence-corrected chi connectivity index (χ2v) is 9.75. The van der Waals surface area contributed by atoms with Crippen molar-refractivity contribution in [3.05, 3.63) is 77.9 Å². The monoisotopic (exact) mass is 529 g/mol. The minimum Gasteiger partial charge on any atom is -0.353 e. The summed E-state index contributed by atoms with van der Waals surface area (Å²) in [4.78, 5) is 52.7. The molecular formula is C30H35N5O4. The van der Waals surface area contributed by atoms with Gasteiger partial charge < -0.3 is 26.6 Å². The van der Waals surface area contributed by atoms with Crippen LogP contribution in [0.25, 0.3) is 10.8 Å². The van der Waals surface area contributed by atoms with Crippen LogP contribution in [0.1, 0.15) is 30.9 Å². The summed E-state index contributed by atoms with van der Waals surface area (Å²) in [5.74, 6) is -1.20. The maximum atomic E-state index is 13.4. The number of anilines is 1. The van der Waals surface area contributed by atoms with Crippen molar-refractivity contribution < 1.29 is 19.2 Å². The Morgan fingerprint density at radius 2 is 1.77 bits per heavy atom. The van der Waals surface area contributed by atoms with Gasteiger partial charge in [0.15, 0.2) is 0 Å². The van der Waals surface area contributed by atoms with Crippen LogP contribution in [0, 0.1) is 0 Å². The van der Waals surface area contributed by atoms with Gasteiger partial charge in [0.1, 0.15) is 12.1 Å². The maximum absolute atomic E-state index is 13.4. The molecule has 3 aromatic rings. The number of nitrogens with one attached hydrogen (secondary N) is 3. The predicted molar refractivity (Wildman–Crippen MR) is 151 cm³/mol. The molecule has 0 spiro atoms. The summed E-state index contributed by atoms with van der Waals surface area (Å²) in [6, 6.07) is 20.0. The van der Waals surface area contributed by atoms with Crippen molar-refractivity contribution in [1.82, 2.24) is 16.0 Å². The summed E-state index contributed by atoms with van der Waals surface area (Å²) in [6.07, 6.45) is 1.41. The number of para-hydroxylation sites is 1. The van der Waals surface area contributed by atoms with Crippen LogP contribution < -0.4 is 26.6 Å². The van der Waals surface area contributed by atoms with Gasteiger partial charge in [-0.2, -0.15) is 0 Å². The van der Waals surface area contributed by atoms with E-state index in [9.17, 15) is 19.2 Å². The second kappa shape index (κ2) is 13.0. The van der Waals surface area contributed by atoms with Gasteiger partial charge >= 0.3 is 0 Å². The van der Waals surface area contributed by atoms with Crippen LogP contribution in [-0.2, 0) is 32.0 Å². The highest BCUT2D eigenvalue weighted by Gasteiger charge is 2.31. The molecule has 1 aliphatic rings. The number of nitrogens with zero attached hydrogens (tertiary/aromatic N) is 1. The van der Waals surface area contributed by atoms with Crippen LogP contribution in [0.3, 0.4) is 0 Å². The zero-order chi connectivity index (χ0) is 27.8. The van der Waals surface area contributed by atoms with Gasteiger partial charge in [0.2, 0.25) is 23.6 Å². The van der Waals surface area contributed by atoms with E-state index < -0.39 is 12.1 Å². The summed E-state index contributed by atoms with van der Waals surface area (Å²) >= 11 is 0. The molecule has 1 heterocycles. The highest BCUT2D eigenvalue weighted by atomic mass is 16.2. The number of rotatable bonds is 10. The summed E-state index contributed by atoms with van der Waals surface area (Å²) in [5, 5.41) is 10.5. The third-order valence-corrected chi connectivity index (χ3v) is 6.84. The third-order valence-electron chi connectivity index (χ3n) is 6.84. The molecule has 4 amide bonds. The Morgan fingerprint density at radius 1 is 1.03 bits per heavy atom. The number of hydrogen-bond donors (Lipinski definition) is 4. The number of benzene rings is 3. The lowest BCUT2D eigenvalue weighted by atomic mass is 10.0. The molecule has 0 fully saturated rings. The fourth-order valence-corrected chi connectivity index (χ4v) is 4.93. The summed E-state index contributed by atoms with van der Waals surface area (Å²) in [5.41, 5.74) is 8.19. The molecule has 39 heavy (non-hydrogen) atoms. The number of hydrogen-bond acceptors (Lipinski definition) is 5. The molecule has 5 N–H and O–H groups in total. The van der Waals surface area contributed by atoms with E-state index in [0.29, 0.717) is 25.8 Å². The quantitative estimate of drug-likeness (QED) is 0.318. The van der Waals surface area contributed by atoms with Crippen molar-refractivity contribution >= 4 is 40.1 Å². The van der Waals surface area contributed by atoms with Gasteiger partial charge in [-0.15, -0.1) is 0 Å². The van der Waals surface area contributed by atoms with Crippen molar-refractivity contribution in [1.29, 1.82) is 0 Å². The van der Waals surface area contributed by atoms with Gasteiger partial charge in [-0.25, -0.2) is 0 Å². The van der Waals surface area contributed by atoms with Crippen molar-refractivity contribution in [2.45, 2.75) is 44.7 Å². The molecule has 1 unspecified atom stereocenters. The van der Waals surface area contributed by atoms with Gasteiger partial charge in [0.05, 0.1) is 0 Å². The molecule has 0 bridgehead atoms. The van der Waals surface area contributed by atoms with E-state index >= 15 is 0 Å². The van der Waals surface area contributed by atoms with Gasteiger partial charge in [-0.05, 0) is 40.8 Å². The average molecular weight is 530 g/mol. The zero-order valence-electron chi connectivity index (χ0n) is 22.1. The SMILES string of the molecule is CC(=O)NC1CCc2ccccc2N(CCC(=O)N[C@H](Cc2ccc3ccccc3c2)C(=O)NCCN)C1=O. The minimum absolute atomic E-state index is 0.00868. The number of carbonyl (C=O) groups excluding carboxylic acids is 4. The van der Waals surface area contributed by atoms with E-state index in [2.05, 4.69) is 16.0 Å². The largest absolute Gasteiger partial charge is 0.353 e. The fraction of sp³-hybridized carbons (Fsp3) is 0.333. The number of aryl methyl sites for hydroxylation is 1. The normalized spacial score (nSPS) is 15.7. The summed E-state index contributed by atoms with van der Waals surface area (Å²) < 4.78 is 0. The van der Waals surface area contributed by atoms with Crippen molar-refractivity contribution in [3.63, 3.8) is 0 Å². The van der Waals surface area contributed by atoms with Crippen molar-refractivity contribution in [3.8, 4) is 0 Å². The van der Waals surface area contributed by atoms with Gasteiger partial charge in [-0.1, -0.05) is 60.7 Å². The first kappa shape index (κ1) is 27.8. The third kappa shape index (κ3) is 7.20. The lowest BCUT2D eigenvalue weighted by Crippen LogP contribution is -2.50. The molecule has 0 saturated heterocycles. The molecule has 4 rings (SSSR count). The highest BCUT2D eigenvalue weighted by Crippen LogP contribution is 2.27. The van der Waals surface area contributed by atoms with Crippen LogP contribution in [0.4, 0.5) is 5.69 Å². The Bertz CT molecular complexity index is 1360. The maximum Gasteiger partial charge on any atom is 0.249 e. The first-order valence-electron chi connectivity index (χ1n) is 13.3. The number of fused-ring (bicyclic) bond motifs is 2. The molecule has 0 aromatic heterocycles. The molecule has 3 aromatic carbocycles. The number of amides is 4. The molecule has 0 radical (unpaired) electrons. The van der Waals surface area contributed by atoms with Crippen molar-refractivity contribution in [2.75, 3.05) is 24.5 Å². The Balaban J connectivity index is 1.48. The molecular weight excluding hydrogens is 494 g/mol. The minimum atomic E-state index is -0.801. The average Bonchev–Trinajstić information content (AvgIpc) is 3.06. The molecule has 9 heteroatoms. The molecule has 204 valence electrons. The Hall–Kier alpha value is -4.24. The Labute approximate surface area is 228 Å². The van der Waals surface area contributed by atoms with E-state index in [4.69, 9.17) is 5.73 Å². The molecule has 0 saturated carbocycles. The lowest BCUT2D eigenvalue weighted by Gasteiger charge is -2.26. The molecule has 1 aliphatic heterocycles. The zero-order valence-corrected chi connectivity index (χ0v) is 22.1. The Kier molecular flexibility index (Phi) is 9.27. The smallest absolute Gasteiger partial charge is 0.249 e. The van der Waals surface area contributed by atoms with E-state index in [0.717, 1.165) is 27.6 Å². The fourth-order valence-electron chi connectivity index (χ4n) is 4.93. The predicted octanol–water partition coefficient (Wildman–Crippen LogP) is 1.82. The van der Waals surface area contributed by atoms with Crippen LogP contribution in [0.5, 0.6) is 0 Å². The number of carbonyl (C=O) groups is 4. The van der Waals surface area contributed by atoms with Crippen LogP contribution in [0.2, 0.25) is 0 Å².